The molecule has 0 aliphatic carbocycles. The molecule has 0 spiro atoms. The van der Waals surface area contributed by atoms with Gasteiger partial charge >= 0.3 is 0 Å². The molecule has 0 radical (unpaired) electrons. The summed E-state index contributed by atoms with van der Waals surface area (Å²) in [4.78, 5) is 0. The minimum atomic E-state index is -1.45. The average Bonchev–Trinajstić information content (AvgIpc) is 2.63. The SMILES string of the molecule is OC[C@H]1O[C@H](Oc2ccc(-c3ccccc3)cc2)[C@@H](O)[C@@H](O)[C@@H]1O. The Bertz CT molecular complexity index is 642. The molecule has 4 N–H and O–H groups in total. The van der Waals surface area contributed by atoms with Gasteiger partial charge in [-0.15, -0.1) is 0 Å². The van der Waals surface area contributed by atoms with Crippen LogP contribution in [0.4, 0.5) is 0 Å². The van der Waals surface area contributed by atoms with Gasteiger partial charge in [0.15, 0.2) is 0 Å². The van der Waals surface area contributed by atoms with Crippen LogP contribution in [0.1, 0.15) is 0 Å². The minimum absolute atomic E-state index is 0.444. The van der Waals surface area contributed by atoms with E-state index in [0.29, 0.717) is 5.75 Å². The van der Waals surface area contributed by atoms with Crippen LogP contribution in [0.3, 0.4) is 0 Å². The molecule has 0 amide bonds. The molecule has 6 heteroatoms. The summed E-state index contributed by atoms with van der Waals surface area (Å²) < 4.78 is 10.9. The summed E-state index contributed by atoms with van der Waals surface area (Å²) in [5, 5.41) is 38.7. The second-order valence-corrected chi connectivity index (χ2v) is 5.71. The van der Waals surface area contributed by atoms with Crippen molar-refractivity contribution in [3.63, 3.8) is 0 Å². The summed E-state index contributed by atoms with van der Waals surface area (Å²) in [5.41, 5.74) is 2.08. The van der Waals surface area contributed by atoms with Gasteiger partial charge in [0.2, 0.25) is 6.29 Å². The summed E-state index contributed by atoms with van der Waals surface area (Å²) in [6.45, 7) is -0.488. The smallest absolute Gasteiger partial charge is 0.229 e. The van der Waals surface area contributed by atoms with Crippen LogP contribution < -0.4 is 4.74 Å². The lowest BCUT2D eigenvalue weighted by molar-refractivity contribution is -0.277. The summed E-state index contributed by atoms with van der Waals surface area (Å²) in [6, 6.07) is 17.0. The number of hydrogen-bond acceptors (Lipinski definition) is 6. The topological polar surface area (TPSA) is 99.4 Å². The van der Waals surface area contributed by atoms with E-state index in [2.05, 4.69) is 0 Å². The van der Waals surface area contributed by atoms with Crippen molar-refractivity contribution < 1.29 is 29.9 Å². The fourth-order valence-corrected chi connectivity index (χ4v) is 2.66. The highest BCUT2D eigenvalue weighted by molar-refractivity contribution is 5.63. The summed E-state index contributed by atoms with van der Waals surface area (Å²) >= 11 is 0. The van der Waals surface area contributed by atoms with Crippen molar-refractivity contribution in [1.82, 2.24) is 0 Å². The Kier molecular flexibility index (Phi) is 5.13. The van der Waals surface area contributed by atoms with Gasteiger partial charge in [-0.2, -0.15) is 0 Å². The number of aliphatic hydroxyl groups excluding tert-OH is 4. The van der Waals surface area contributed by atoms with Gasteiger partial charge in [0.1, 0.15) is 30.2 Å². The molecule has 5 atom stereocenters. The number of rotatable bonds is 4. The zero-order chi connectivity index (χ0) is 17.1. The molecule has 0 aromatic heterocycles. The van der Waals surface area contributed by atoms with Gasteiger partial charge < -0.3 is 29.9 Å². The van der Waals surface area contributed by atoms with E-state index in [-0.39, 0.29) is 0 Å². The van der Waals surface area contributed by atoms with Gasteiger partial charge in [-0.1, -0.05) is 42.5 Å². The number of benzene rings is 2. The minimum Gasteiger partial charge on any atom is -0.462 e. The Morgan fingerprint density at radius 2 is 1.42 bits per heavy atom. The Morgan fingerprint density at radius 3 is 2.04 bits per heavy atom. The van der Waals surface area contributed by atoms with Crippen LogP contribution in [0.5, 0.6) is 5.75 Å². The molecule has 1 saturated heterocycles. The monoisotopic (exact) mass is 332 g/mol. The summed E-state index contributed by atoms with van der Waals surface area (Å²) in [7, 11) is 0. The fraction of sp³-hybridized carbons (Fsp3) is 0.333. The van der Waals surface area contributed by atoms with Crippen LogP contribution in [0.2, 0.25) is 0 Å². The van der Waals surface area contributed by atoms with Crippen molar-refractivity contribution in [2.24, 2.45) is 0 Å². The average molecular weight is 332 g/mol. The maximum Gasteiger partial charge on any atom is 0.229 e. The molecule has 0 saturated carbocycles. The van der Waals surface area contributed by atoms with E-state index < -0.39 is 37.3 Å². The molecule has 24 heavy (non-hydrogen) atoms. The van der Waals surface area contributed by atoms with E-state index in [4.69, 9.17) is 9.47 Å². The zero-order valence-electron chi connectivity index (χ0n) is 12.9. The highest BCUT2D eigenvalue weighted by Gasteiger charge is 2.44. The Morgan fingerprint density at radius 1 is 0.792 bits per heavy atom. The number of hydrogen-bond donors (Lipinski definition) is 4. The van der Waals surface area contributed by atoms with Crippen LogP contribution >= 0.6 is 0 Å². The molecule has 2 aromatic rings. The second-order valence-electron chi connectivity index (χ2n) is 5.71. The third kappa shape index (κ3) is 3.43. The highest BCUT2D eigenvalue weighted by atomic mass is 16.7. The highest BCUT2D eigenvalue weighted by Crippen LogP contribution is 2.26. The molecular formula is C18H20O6. The Hall–Kier alpha value is -1.96. The van der Waals surface area contributed by atoms with E-state index in [0.717, 1.165) is 11.1 Å². The number of ether oxygens (including phenoxy) is 2. The molecule has 128 valence electrons. The first-order valence-corrected chi connectivity index (χ1v) is 7.73. The second kappa shape index (κ2) is 7.29. The molecule has 1 fully saturated rings. The maximum atomic E-state index is 9.97. The van der Waals surface area contributed by atoms with Gasteiger partial charge in [0.05, 0.1) is 6.61 Å². The molecule has 0 bridgehead atoms. The largest absolute Gasteiger partial charge is 0.462 e. The molecule has 1 heterocycles. The van der Waals surface area contributed by atoms with Crippen molar-refractivity contribution >= 4 is 0 Å². The first-order valence-electron chi connectivity index (χ1n) is 7.73. The molecule has 3 rings (SSSR count). The van der Waals surface area contributed by atoms with E-state index >= 15 is 0 Å². The van der Waals surface area contributed by atoms with Crippen molar-refractivity contribution in [3.05, 3.63) is 54.6 Å². The van der Waals surface area contributed by atoms with Gasteiger partial charge in [0, 0.05) is 0 Å². The molecule has 1 aliphatic rings. The van der Waals surface area contributed by atoms with Gasteiger partial charge in [0.25, 0.3) is 0 Å². The summed E-state index contributed by atoms with van der Waals surface area (Å²) in [5.74, 6) is 0.444. The zero-order valence-corrected chi connectivity index (χ0v) is 12.9. The lowest BCUT2D eigenvalue weighted by Gasteiger charge is -2.39. The van der Waals surface area contributed by atoms with Crippen LogP contribution in [0, 0.1) is 0 Å². The van der Waals surface area contributed by atoms with Crippen LogP contribution in [-0.4, -0.2) is 57.7 Å². The Balaban J connectivity index is 1.71. The van der Waals surface area contributed by atoms with Crippen molar-refractivity contribution in [1.29, 1.82) is 0 Å². The summed E-state index contributed by atoms with van der Waals surface area (Å²) in [6.07, 6.45) is -6.44. The van der Waals surface area contributed by atoms with E-state index in [9.17, 15) is 20.4 Å². The Labute approximate surface area is 139 Å². The fourth-order valence-electron chi connectivity index (χ4n) is 2.66. The van der Waals surface area contributed by atoms with Crippen molar-refractivity contribution in [2.75, 3.05) is 6.61 Å². The third-order valence-electron chi connectivity index (χ3n) is 4.06. The van der Waals surface area contributed by atoms with Gasteiger partial charge in [-0.05, 0) is 23.3 Å². The van der Waals surface area contributed by atoms with Crippen LogP contribution in [0.25, 0.3) is 11.1 Å². The quantitative estimate of drug-likeness (QED) is 0.652. The molecule has 6 nitrogen and oxygen atoms in total. The van der Waals surface area contributed by atoms with E-state index in [1.165, 1.54) is 0 Å². The van der Waals surface area contributed by atoms with Gasteiger partial charge in [-0.25, -0.2) is 0 Å². The maximum absolute atomic E-state index is 9.97. The first kappa shape index (κ1) is 16.9. The third-order valence-corrected chi connectivity index (χ3v) is 4.06. The van der Waals surface area contributed by atoms with E-state index in [1.807, 2.05) is 42.5 Å². The van der Waals surface area contributed by atoms with Crippen molar-refractivity contribution in [2.45, 2.75) is 30.7 Å². The normalized spacial score (nSPS) is 30.1. The van der Waals surface area contributed by atoms with Gasteiger partial charge in [-0.3, -0.25) is 0 Å². The molecular weight excluding hydrogens is 312 g/mol. The molecule has 1 aliphatic heterocycles. The standard InChI is InChI=1S/C18H20O6/c19-10-14-15(20)16(21)17(22)18(24-14)23-13-8-6-12(7-9-13)11-4-2-1-3-5-11/h1-9,14-22H,10H2/t14-,15-,16+,17+,18+/m1/s1. The number of aliphatic hydroxyl groups is 4. The molecule has 0 unspecified atom stereocenters. The molecule has 2 aromatic carbocycles. The first-order chi connectivity index (χ1) is 11.6. The lowest BCUT2D eigenvalue weighted by Crippen LogP contribution is -2.60. The van der Waals surface area contributed by atoms with Crippen molar-refractivity contribution in [3.8, 4) is 16.9 Å². The lowest BCUT2D eigenvalue weighted by atomic mass is 9.99. The predicted octanol–water partition coefficient (Wildman–Crippen LogP) is 0.532. The predicted molar refractivity (Wildman–Crippen MR) is 86.3 cm³/mol. The van der Waals surface area contributed by atoms with Crippen LogP contribution in [0.15, 0.2) is 54.6 Å². The van der Waals surface area contributed by atoms with Crippen LogP contribution in [-0.2, 0) is 4.74 Å². The van der Waals surface area contributed by atoms with E-state index in [1.54, 1.807) is 12.1 Å².